The third-order valence-electron chi connectivity index (χ3n) is 8.45. The molecule has 4 heterocycles. The maximum Gasteiger partial charge on any atom is 0.411 e. The summed E-state index contributed by atoms with van der Waals surface area (Å²) in [5.41, 5.74) is 7.46. The first kappa shape index (κ1) is 46.8. The van der Waals surface area contributed by atoms with Crippen molar-refractivity contribution < 1.29 is 48.2 Å². The number of aliphatic hydroxyl groups excluding tert-OH is 1. The van der Waals surface area contributed by atoms with E-state index in [0.717, 1.165) is 28.0 Å². The van der Waals surface area contributed by atoms with Gasteiger partial charge in [0.15, 0.2) is 0 Å². The average molecular weight is 869 g/mol. The Bertz CT molecular complexity index is 2070. The fourth-order valence-corrected chi connectivity index (χ4v) is 7.08. The van der Waals surface area contributed by atoms with Crippen molar-refractivity contribution in [2.24, 2.45) is 11.8 Å². The second kappa shape index (κ2) is 20.9. The molecule has 0 radical (unpaired) electrons. The fourth-order valence-electron chi connectivity index (χ4n) is 5.63. The van der Waals surface area contributed by atoms with Crippen LogP contribution >= 0.6 is 22.7 Å². The van der Waals surface area contributed by atoms with Gasteiger partial charge in [-0.25, -0.2) is 19.2 Å². The number of hydrogen-bond donors (Lipinski definition) is 4. The fraction of sp³-hybridized carbons (Fsp3) is 0.415. The Morgan fingerprint density at radius 3 is 1.55 bits per heavy atom. The smallest absolute Gasteiger partial charge is 0.411 e. The summed E-state index contributed by atoms with van der Waals surface area (Å²) in [5.74, 6) is 0.101. The molecule has 5 N–H and O–H groups in total. The summed E-state index contributed by atoms with van der Waals surface area (Å²) in [6.07, 6.45) is -2.08. The molecule has 19 heteroatoms. The zero-order chi connectivity index (χ0) is 44.2. The highest BCUT2D eigenvalue weighted by atomic mass is 32.1. The molecule has 0 unspecified atom stereocenters. The third kappa shape index (κ3) is 14.1. The van der Waals surface area contributed by atoms with Gasteiger partial charge in [-0.05, 0) is 99.8 Å². The summed E-state index contributed by atoms with van der Waals surface area (Å²) >= 11 is 3.10. The lowest BCUT2D eigenvalue weighted by atomic mass is 10.0. The predicted octanol–water partition coefficient (Wildman–Crippen LogP) is 8.76. The molecule has 60 heavy (non-hydrogen) atoms. The van der Waals surface area contributed by atoms with E-state index in [1.807, 2.05) is 67.9 Å². The molecular weight excluding hydrogens is 817 g/mol. The topological polar surface area (TPSA) is 225 Å². The number of thiophene rings is 2. The lowest BCUT2D eigenvalue weighted by Gasteiger charge is -2.39. The number of rotatable bonds is 9. The van der Waals surface area contributed by atoms with Gasteiger partial charge in [0.1, 0.15) is 16.9 Å². The first-order valence-corrected chi connectivity index (χ1v) is 20.6. The van der Waals surface area contributed by atoms with Gasteiger partial charge >= 0.3 is 24.4 Å². The summed E-state index contributed by atoms with van der Waals surface area (Å²) in [6.45, 7) is 13.1. The number of hydrogen-bond acceptors (Lipinski definition) is 14. The first-order valence-electron chi connectivity index (χ1n) is 18.9. The molecule has 6 rings (SSSR count). The van der Waals surface area contributed by atoms with Crippen LogP contribution in [0.1, 0.15) is 41.5 Å². The highest BCUT2D eigenvalue weighted by Crippen LogP contribution is 2.33. The summed E-state index contributed by atoms with van der Waals surface area (Å²) in [5, 5.41) is 27.3. The number of amides is 4. The molecule has 2 saturated heterocycles. The molecule has 4 aromatic rings. The zero-order valence-electron chi connectivity index (χ0n) is 34.6. The first-order chi connectivity index (χ1) is 28.3. The third-order valence-corrected chi connectivity index (χ3v) is 10.3. The number of nitrogens with zero attached hydrogens (tertiary/aromatic N) is 3. The molecule has 0 aliphatic carbocycles. The number of ether oxygens (including phenoxy) is 4. The minimum Gasteiger partial charge on any atom is -0.449 e. The van der Waals surface area contributed by atoms with Gasteiger partial charge < -0.3 is 39.6 Å². The zero-order valence-corrected chi connectivity index (χ0v) is 36.2. The molecule has 0 spiro atoms. The van der Waals surface area contributed by atoms with Crippen LogP contribution in [-0.2, 0) is 18.9 Å². The standard InChI is InChI=1S/C20H23N3O6S.C20H25N3O4S.CH4O/c1-20(2,3)29-19(25)22-10-13(11-22)12-28-18(24)21-15-9-14(17-5-4-8-30-17)6-7-16(15)23(26)27;1-20(2,3)27-19(25)23-10-13(11-23)12-26-18(24)22-16-9-14(6-7-15(16)21)17-5-4-8-28-17;1-2/h4-9,13H,10-12H2,1-3H3,(H,21,24);4-9,13H,10-12,21H2,1-3H3,(H,22,24);2H,1H3. The lowest BCUT2D eigenvalue weighted by Crippen LogP contribution is -2.53. The summed E-state index contributed by atoms with van der Waals surface area (Å²) < 4.78 is 21.1. The maximum absolute atomic E-state index is 12.2. The van der Waals surface area contributed by atoms with Crippen LogP contribution < -0.4 is 16.4 Å². The van der Waals surface area contributed by atoms with Crippen LogP contribution in [0, 0.1) is 22.0 Å². The lowest BCUT2D eigenvalue weighted by molar-refractivity contribution is -0.383. The highest BCUT2D eigenvalue weighted by molar-refractivity contribution is 7.13. The van der Waals surface area contributed by atoms with Gasteiger partial charge in [-0.3, -0.25) is 20.7 Å². The van der Waals surface area contributed by atoms with E-state index in [1.165, 1.54) is 22.3 Å². The van der Waals surface area contributed by atoms with Crippen molar-refractivity contribution in [2.75, 3.05) is 62.9 Å². The number of nitrogens with two attached hydrogens (primary N) is 1. The molecule has 0 bridgehead atoms. The number of anilines is 3. The Labute approximate surface area is 356 Å². The van der Waals surface area contributed by atoms with Crippen LogP contribution in [0.2, 0.25) is 0 Å². The molecular formula is C41H52N6O11S2. The number of nitro groups is 1. The van der Waals surface area contributed by atoms with Gasteiger partial charge in [0.2, 0.25) is 0 Å². The Balaban J connectivity index is 0.000000255. The molecule has 2 aliphatic rings. The van der Waals surface area contributed by atoms with E-state index in [-0.39, 0.29) is 42.5 Å². The Morgan fingerprint density at radius 1 is 0.733 bits per heavy atom. The molecule has 2 aromatic carbocycles. The number of nitro benzene ring substituents is 1. The second-order valence-corrected chi connectivity index (χ2v) is 17.6. The summed E-state index contributed by atoms with van der Waals surface area (Å²) in [6, 6.07) is 17.8. The van der Waals surface area contributed by atoms with Gasteiger partial charge in [0.25, 0.3) is 5.69 Å². The van der Waals surface area contributed by atoms with Gasteiger partial charge in [0, 0.05) is 60.9 Å². The normalized spacial score (nSPS) is 13.8. The quantitative estimate of drug-likeness (QED) is 0.0536. The molecule has 2 fully saturated rings. The van der Waals surface area contributed by atoms with E-state index in [2.05, 4.69) is 10.6 Å². The van der Waals surface area contributed by atoms with Crippen LogP contribution in [0.15, 0.2) is 71.4 Å². The molecule has 324 valence electrons. The van der Waals surface area contributed by atoms with Crippen molar-refractivity contribution >= 4 is 69.8 Å². The van der Waals surface area contributed by atoms with E-state index in [1.54, 1.807) is 55.2 Å². The predicted molar refractivity (Wildman–Crippen MR) is 231 cm³/mol. The van der Waals surface area contributed by atoms with Crippen LogP contribution in [0.5, 0.6) is 0 Å². The van der Waals surface area contributed by atoms with Crippen LogP contribution in [0.4, 0.5) is 41.9 Å². The van der Waals surface area contributed by atoms with Crippen molar-refractivity contribution in [1.29, 1.82) is 0 Å². The number of carbonyl (C=O) groups is 4. The largest absolute Gasteiger partial charge is 0.449 e. The van der Waals surface area contributed by atoms with E-state index in [9.17, 15) is 29.3 Å². The minimum atomic E-state index is -0.780. The maximum atomic E-state index is 12.2. The SMILES string of the molecule is CC(C)(C)OC(=O)N1CC(COC(=O)Nc2cc(-c3cccs3)ccc2N)C1.CC(C)(C)OC(=O)N1CC(COC(=O)Nc2cc(-c3cccs3)ccc2[N+](=O)[O-])C1.CO. The van der Waals surface area contributed by atoms with Crippen LogP contribution in [0.25, 0.3) is 20.9 Å². The summed E-state index contributed by atoms with van der Waals surface area (Å²) in [7, 11) is 1.00. The molecule has 2 aromatic heterocycles. The van der Waals surface area contributed by atoms with E-state index in [0.29, 0.717) is 37.6 Å². The van der Waals surface area contributed by atoms with Crippen molar-refractivity contribution in [1.82, 2.24) is 9.80 Å². The van der Waals surface area contributed by atoms with Crippen molar-refractivity contribution in [2.45, 2.75) is 52.7 Å². The van der Waals surface area contributed by atoms with Crippen molar-refractivity contribution in [3.8, 4) is 20.9 Å². The summed E-state index contributed by atoms with van der Waals surface area (Å²) in [4.78, 5) is 64.0. The monoisotopic (exact) mass is 868 g/mol. The average Bonchev–Trinajstić information content (AvgIpc) is 3.87. The Morgan fingerprint density at radius 2 is 1.15 bits per heavy atom. The van der Waals surface area contributed by atoms with Gasteiger partial charge in [-0.2, -0.15) is 0 Å². The number of likely N-dealkylation sites (tertiary alicyclic amines) is 2. The number of carbonyl (C=O) groups excluding carboxylic acids is 4. The van der Waals surface area contributed by atoms with Gasteiger partial charge in [0.05, 0.1) is 29.5 Å². The van der Waals surface area contributed by atoms with Crippen molar-refractivity contribution in [3.63, 3.8) is 0 Å². The van der Waals surface area contributed by atoms with E-state index >= 15 is 0 Å². The molecule has 2 aliphatic heterocycles. The minimum absolute atomic E-state index is 0.00397. The molecule has 0 saturated carbocycles. The number of nitrogen functional groups attached to an aromatic ring is 1. The second-order valence-electron chi connectivity index (χ2n) is 15.7. The van der Waals surface area contributed by atoms with E-state index in [4.69, 9.17) is 29.8 Å². The number of benzene rings is 2. The number of nitrogens with one attached hydrogen (secondary N) is 2. The van der Waals surface area contributed by atoms with Gasteiger partial charge in [-0.1, -0.05) is 18.2 Å². The Kier molecular flexibility index (Phi) is 16.3. The molecule has 4 amide bonds. The molecule has 0 atom stereocenters. The Hall–Kier alpha value is -5.92. The molecule has 17 nitrogen and oxygen atoms in total. The highest BCUT2D eigenvalue weighted by Gasteiger charge is 2.35. The number of aliphatic hydroxyl groups is 1. The van der Waals surface area contributed by atoms with Crippen molar-refractivity contribution in [3.05, 3.63) is 81.5 Å². The van der Waals surface area contributed by atoms with Gasteiger partial charge in [-0.15, -0.1) is 22.7 Å². The van der Waals surface area contributed by atoms with Crippen LogP contribution in [-0.4, -0.2) is 102 Å². The van der Waals surface area contributed by atoms with Crippen LogP contribution in [0.3, 0.4) is 0 Å². The van der Waals surface area contributed by atoms with E-state index < -0.39 is 34.4 Å².